The minimum atomic E-state index is -0.0535. The molecule has 3 N–H and O–H groups in total. The van der Waals surface area contributed by atoms with Crippen LogP contribution in [0, 0.1) is 5.92 Å². The fourth-order valence-corrected chi connectivity index (χ4v) is 1.48. The van der Waals surface area contributed by atoms with E-state index in [2.05, 4.69) is 34.8 Å². The van der Waals surface area contributed by atoms with E-state index in [1.54, 1.807) is 0 Å². The average Bonchev–Trinajstić information content (AvgIpc) is 2.45. The number of aliphatic imine (C=N–C) groups is 1. The third-order valence-electron chi connectivity index (χ3n) is 2.68. The Kier molecular flexibility index (Phi) is 18.1. The molecule has 0 fully saturated rings. The van der Waals surface area contributed by atoms with Gasteiger partial charge in [0.25, 0.3) is 0 Å². The molecule has 0 aliphatic rings. The molecule has 0 saturated heterocycles. The van der Waals surface area contributed by atoms with Crippen molar-refractivity contribution < 1.29 is 9.53 Å². The van der Waals surface area contributed by atoms with Crippen LogP contribution in [-0.4, -0.2) is 51.3 Å². The Hall–Kier alpha value is -0.570. The molecule has 0 aliphatic carbocycles. The molecule has 22 heavy (non-hydrogen) atoms. The van der Waals surface area contributed by atoms with E-state index in [4.69, 9.17) is 4.74 Å². The SMILES string of the molecule is CCCNC(=O)CN=C(NCC)NCCOCCC(C)C.I. The van der Waals surface area contributed by atoms with Gasteiger partial charge in [0, 0.05) is 26.2 Å². The third-order valence-corrected chi connectivity index (χ3v) is 2.68. The molecule has 0 aromatic heterocycles. The molecule has 0 unspecified atom stereocenters. The molecule has 0 bridgehead atoms. The summed E-state index contributed by atoms with van der Waals surface area (Å²) in [5.41, 5.74) is 0. The monoisotopic (exact) mass is 428 g/mol. The number of nitrogens with one attached hydrogen (secondary N) is 3. The molecule has 132 valence electrons. The van der Waals surface area contributed by atoms with Crippen LogP contribution in [-0.2, 0) is 9.53 Å². The number of carbonyl (C=O) groups excluding carboxylic acids is 1. The van der Waals surface area contributed by atoms with E-state index in [0.29, 0.717) is 31.6 Å². The van der Waals surface area contributed by atoms with Crippen molar-refractivity contribution in [3.8, 4) is 0 Å². The second-order valence-electron chi connectivity index (χ2n) is 5.27. The lowest BCUT2D eigenvalue weighted by Gasteiger charge is -2.12. The minimum Gasteiger partial charge on any atom is -0.380 e. The van der Waals surface area contributed by atoms with Crippen LogP contribution < -0.4 is 16.0 Å². The molecule has 0 saturated carbocycles. The Bertz CT molecular complexity index is 299. The number of carbonyl (C=O) groups is 1. The van der Waals surface area contributed by atoms with Gasteiger partial charge in [-0.05, 0) is 25.7 Å². The van der Waals surface area contributed by atoms with E-state index in [-0.39, 0.29) is 36.4 Å². The van der Waals surface area contributed by atoms with Crippen LogP contribution in [0.5, 0.6) is 0 Å². The summed E-state index contributed by atoms with van der Waals surface area (Å²) in [6.07, 6.45) is 2.01. The summed E-state index contributed by atoms with van der Waals surface area (Å²) in [7, 11) is 0. The molecule has 6 nitrogen and oxygen atoms in total. The molecule has 7 heteroatoms. The first kappa shape index (κ1) is 23.7. The van der Waals surface area contributed by atoms with Crippen LogP contribution in [0.25, 0.3) is 0 Å². The second kappa shape index (κ2) is 16.8. The van der Waals surface area contributed by atoms with Crippen molar-refractivity contribution in [2.45, 2.75) is 40.5 Å². The summed E-state index contributed by atoms with van der Waals surface area (Å²) in [6.45, 7) is 12.1. The van der Waals surface area contributed by atoms with Gasteiger partial charge in [0.15, 0.2) is 5.96 Å². The summed E-state index contributed by atoms with van der Waals surface area (Å²) >= 11 is 0. The van der Waals surface area contributed by atoms with Crippen molar-refractivity contribution in [2.75, 3.05) is 39.4 Å². The summed E-state index contributed by atoms with van der Waals surface area (Å²) < 4.78 is 5.53. The summed E-state index contributed by atoms with van der Waals surface area (Å²) in [5.74, 6) is 1.26. The lowest BCUT2D eigenvalue weighted by atomic mass is 10.1. The van der Waals surface area contributed by atoms with Gasteiger partial charge in [-0.25, -0.2) is 4.99 Å². The van der Waals surface area contributed by atoms with Crippen LogP contribution in [0.4, 0.5) is 0 Å². The van der Waals surface area contributed by atoms with Crippen LogP contribution in [0.15, 0.2) is 4.99 Å². The number of guanidine groups is 1. The number of nitrogens with zero attached hydrogens (tertiary/aromatic N) is 1. The van der Waals surface area contributed by atoms with E-state index in [1.165, 1.54) is 0 Å². The topological polar surface area (TPSA) is 74.8 Å². The fourth-order valence-electron chi connectivity index (χ4n) is 1.48. The van der Waals surface area contributed by atoms with Crippen LogP contribution >= 0.6 is 24.0 Å². The predicted octanol–water partition coefficient (Wildman–Crippen LogP) is 1.75. The highest BCUT2D eigenvalue weighted by atomic mass is 127. The maximum atomic E-state index is 11.5. The number of hydrogen-bond donors (Lipinski definition) is 3. The predicted molar refractivity (Wildman–Crippen MR) is 103 cm³/mol. The highest BCUT2D eigenvalue weighted by Gasteiger charge is 2.01. The molecule has 0 aromatic rings. The fraction of sp³-hybridized carbons (Fsp3) is 0.867. The smallest absolute Gasteiger partial charge is 0.241 e. The van der Waals surface area contributed by atoms with E-state index < -0.39 is 0 Å². The van der Waals surface area contributed by atoms with Crippen molar-refractivity contribution >= 4 is 35.8 Å². The average molecular weight is 428 g/mol. The van der Waals surface area contributed by atoms with Crippen LogP contribution in [0.1, 0.15) is 40.5 Å². The van der Waals surface area contributed by atoms with Crippen molar-refractivity contribution in [1.82, 2.24) is 16.0 Å². The normalized spacial score (nSPS) is 11.0. The molecular weight excluding hydrogens is 395 g/mol. The van der Waals surface area contributed by atoms with Crippen molar-refractivity contribution in [2.24, 2.45) is 10.9 Å². The molecule has 0 rings (SSSR count). The lowest BCUT2D eigenvalue weighted by molar-refractivity contribution is -0.119. The Morgan fingerprint density at radius 1 is 1.09 bits per heavy atom. The first-order valence-electron chi connectivity index (χ1n) is 7.96. The van der Waals surface area contributed by atoms with E-state index >= 15 is 0 Å². The second-order valence-corrected chi connectivity index (χ2v) is 5.27. The minimum absolute atomic E-state index is 0. The van der Waals surface area contributed by atoms with Crippen molar-refractivity contribution in [3.05, 3.63) is 0 Å². The molecule has 0 heterocycles. The zero-order valence-corrected chi connectivity index (χ0v) is 16.7. The molecule has 1 amide bonds. The summed E-state index contributed by atoms with van der Waals surface area (Å²) in [4.78, 5) is 15.7. The van der Waals surface area contributed by atoms with Gasteiger partial charge in [-0.15, -0.1) is 24.0 Å². The number of rotatable bonds is 11. The Balaban J connectivity index is 0. The maximum absolute atomic E-state index is 11.5. The Morgan fingerprint density at radius 3 is 2.41 bits per heavy atom. The highest BCUT2D eigenvalue weighted by Crippen LogP contribution is 1.98. The maximum Gasteiger partial charge on any atom is 0.241 e. The van der Waals surface area contributed by atoms with Gasteiger partial charge in [0.05, 0.1) is 6.61 Å². The largest absolute Gasteiger partial charge is 0.380 e. The molecule has 0 spiro atoms. The zero-order valence-electron chi connectivity index (χ0n) is 14.4. The van der Waals surface area contributed by atoms with Gasteiger partial charge >= 0.3 is 0 Å². The number of hydrogen-bond acceptors (Lipinski definition) is 3. The van der Waals surface area contributed by atoms with Gasteiger partial charge in [0.1, 0.15) is 6.54 Å². The molecule has 0 radical (unpaired) electrons. The molecule has 0 atom stereocenters. The van der Waals surface area contributed by atoms with Gasteiger partial charge < -0.3 is 20.7 Å². The number of amides is 1. The quantitative estimate of drug-likeness (QED) is 0.203. The zero-order chi connectivity index (χ0) is 15.9. The molecule has 0 aliphatic heterocycles. The standard InChI is InChI=1S/C15H32N4O2.HI/c1-5-8-17-14(20)12-19-15(16-6-2)18-9-11-21-10-7-13(3)4;/h13H,5-12H2,1-4H3,(H,17,20)(H2,16,18,19);1H. The van der Waals surface area contributed by atoms with E-state index in [9.17, 15) is 4.79 Å². The van der Waals surface area contributed by atoms with Gasteiger partial charge in [0.2, 0.25) is 5.91 Å². The third kappa shape index (κ3) is 15.8. The lowest BCUT2D eigenvalue weighted by Crippen LogP contribution is -2.40. The molecule has 0 aromatic carbocycles. The van der Waals surface area contributed by atoms with Gasteiger partial charge in [-0.2, -0.15) is 0 Å². The summed E-state index contributed by atoms with van der Waals surface area (Å²) in [5, 5.41) is 9.06. The van der Waals surface area contributed by atoms with Crippen LogP contribution in [0.3, 0.4) is 0 Å². The first-order valence-corrected chi connectivity index (χ1v) is 7.96. The van der Waals surface area contributed by atoms with Crippen LogP contribution in [0.2, 0.25) is 0 Å². The van der Waals surface area contributed by atoms with E-state index in [1.807, 2.05) is 13.8 Å². The van der Waals surface area contributed by atoms with Crippen molar-refractivity contribution in [1.29, 1.82) is 0 Å². The van der Waals surface area contributed by atoms with Gasteiger partial charge in [-0.1, -0.05) is 20.8 Å². The number of halogens is 1. The Morgan fingerprint density at radius 2 is 1.82 bits per heavy atom. The Labute approximate surface area is 152 Å². The highest BCUT2D eigenvalue weighted by molar-refractivity contribution is 14.0. The first-order chi connectivity index (χ1) is 10.1. The van der Waals surface area contributed by atoms with E-state index in [0.717, 1.165) is 26.0 Å². The molecular formula is C15H33IN4O2. The van der Waals surface area contributed by atoms with Crippen molar-refractivity contribution in [3.63, 3.8) is 0 Å². The van der Waals surface area contributed by atoms with Gasteiger partial charge in [-0.3, -0.25) is 4.79 Å². The number of ether oxygens (including phenoxy) is 1. The summed E-state index contributed by atoms with van der Waals surface area (Å²) in [6, 6.07) is 0.